The van der Waals surface area contributed by atoms with Gasteiger partial charge in [-0.25, -0.2) is 19.6 Å². The molecule has 0 aliphatic carbocycles. The Kier molecular flexibility index (Phi) is 7.63. The molecule has 0 saturated carbocycles. The molecule has 0 radical (unpaired) electrons. The lowest BCUT2D eigenvalue weighted by atomic mass is 10.1. The average molecular weight is 417 g/mol. The number of carbonyl (C=O) groups excluding carboxylic acids is 1. The number of hydrogen-bond acceptors (Lipinski definition) is 5. The minimum absolute atomic E-state index is 0.198. The van der Waals surface area contributed by atoms with Crippen LogP contribution in [0.1, 0.15) is 31.0 Å². The molecule has 8 nitrogen and oxygen atoms in total. The van der Waals surface area contributed by atoms with Crippen LogP contribution in [0.3, 0.4) is 0 Å². The van der Waals surface area contributed by atoms with Crippen LogP contribution in [-0.2, 0) is 17.6 Å². The first-order valence-corrected chi connectivity index (χ1v) is 9.53. The van der Waals surface area contributed by atoms with E-state index in [0.717, 1.165) is 69.9 Å². The Morgan fingerprint density at radius 1 is 1.10 bits per heavy atom. The van der Waals surface area contributed by atoms with E-state index in [2.05, 4.69) is 28.8 Å². The fourth-order valence-electron chi connectivity index (χ4n) is 3.29. The van der Waals surface area contributed by atoms with Gasteiger partial charge in [0.05, 0.1) is 5.69 Å². The molecule has 29 heavy (non-hydrogen) atoms. The maximum absolute atomic E-state index is 12.6. The Hall–Kier alpha value is -2.59. The molecule has 2 aliphatic heterocycles. The number of alkyl halides is 3. The monoisotopic (exact) mass is 417 g/mol. The molecule has 2 amide bonds. The van der Waals surface area contributed by atoms with Crippen molar-refractivity contribution in [2.75, 3.05) is 44.7 Å². The maximum atomic E-state index is 12.6. The number of aliphatic carboxylic acids is 1. The van der Waals surface area contributed by atoms with Gasteiger partial charge in [-0.2, -0.15) is 13.2 Å². The predicted octanol–water partition coefficient (Wildman–Crippen LogP) is 2.18. The molecule has 0 atom stereocenters. The number of rotatable bonds is 2. The van der Waals surface area contributed by atoms with E-state index in [4.69, 9.17) is 9.90 Å². The van der Waals surface area contributed by atoms with Crippen molar-refractivity contribution in [3.05, 3.63) is 17.6 Å². The molecule has 2 aliphatic rings. The minimum Gasteiger partial charge on any atom is -0.475 e. The highest BCUT2D eigenvalue weighted by atomic mass is 19.4. The normalized spacial score (nSPS) is 16.4. The van der Waals surface area contributed by atoms with Crippen LogP contribution in [0.2, 0.25) is 0 Å². The molecule has 0 aromatic carbocycles. The summed E-state index contributed by atoms with van der Waals surface area (Å²) in [4.78, 5) is 36.5. The smallest absolute Gasteiger partial charge is 0.475 e. The number of anilines is 1. The number of amides is 2. The van der Waals surface area contributed by atoms with Gasteiger partial charge in [-0.3, -0.25) is 0 Å². The van der Waals surface area contributed by atoms with Crippen molar-refractivity contribution in [2.45, 2.75) is 38.8 Å². The summed E-state index contributed by atoms with van der Waals surface area (Å²) in [5.74, 6) is -1.74. The average Bonchev–Trinajstić information content (AvgIpc) is 3.13. The van der Waals surface area contributed by atoms with Crippen LogP contribution in [0.5, 0.6) is 0 Å². The van der Waals surface area contributed by atoms with Gasteiger partial charge in [0, 0.05) is 51.8 Å². The summed E-state index contributed by atoms with van der Waals surface area (Å²) in [5.41, 5.74) is 2.31. The topological polar surface area (TPSA) is 89.9 Å². The highest BCUT2D eigenvalue weighted by Gasteiger charge is 2.38. The maximum Gasteiger partial charge on any atom is 0.490 e. The third-order valence-corrected chi connectivity index (χ3v) is 4.99. The summed E-state index contributed by atoms with van der Waals surface area (Å²) in [5, 5.41) is 7.12. The van der Waals surface area contributed by atoms with Gasteiger partial charge in [0.1, 0.15) is 12.1 Å². The van der Waals surface area contributed by atoms with Gasteiger partial charge in [-0.1, -0.05) is 0 Å². The molecule has 1 aromatic rings. The van der Waals surface area contributed by atoms with Crippen LogP contribution in [0.25, 0.3) is 0 Å². The summed E-state index contributed by atoms with van der Waals surface area (Å²) < 4.78 is 31.7. The Morgan fingerprint density at radius 2 is 1.66 bits per heavy atom. The molecule has 162 valence electrons. The van der Waals surface area contributed by atoms with Gasteiger partial charge in [0.25, 0.3) is 0 Å². The Labute approximate surface area is 167 Å². The molecule has 11 heteroatoms. The molecule has 0 unspecified atom stereocenters. The van der Waals surface area contributed by atoms with Crippen LogP contribution >= 0.6 is 0 Å². The van der Waals surface area contributed by atoms with E-state index in [1.807, 2.05) is 9.80 Å². The lowest BCUT2D eigenvalue weighted by Crippen LogP contribution is -2.43. The number of carbonyl (C=O) groups is 2. The Bertz CT molecular complexity index is 723. The van der Waals surface area contributed by atoms with Crippen molar-refractivity contribution in [3.8, 4) is 0 Å². The zero-order valence-corrected chi connectivity index (χ0v) is 16.6. The number of urea groups is 1. The fraction of sp³-hybridized carbons (Fsp3) is 0.667. The molecule has 1 aromatic heterocycles. The molecule has 3 rings (SSSR count). The van der Waals surface area contributed by atoms with Crippen LogP contribution in [0.15, 0.2) is 6.33 Å². The Morgan fingerprint density at radius 3 is 2.21 bits per heavy atom. The summed E-state index contributed by atoms with van der Waals surface area (Å²) in [6.07, 6.45) is 0.503. The van der Waals surface area contributed by atoms with Crippen molar-refractivity contribution in [1.29, 1.82) is 0 Å². The van der Waals surface area contributed by atoms with Crippen LogP contribution in [0, 0.1) is 0 Å². The quantitative estimate of drug-likeness (QED) is 0.794. The zero-order chi connectivity index (χ0) is 21.6. The molecule has 0 bridgehead atoms. The first kappa shape index (κ1) is 22.7. The minimum atomic E-state index is -5.08. The van der Waals surface area contributed by atoms with Crippen molar-refractivity contribution < 1.29 is 27.9 Å². The predicted molar refractivity (Wildman–Crippen MR) is 99.9 cm³/mol. The summed E-state index contributed by atoms with van der Waals surface area (Å²) in [6.45, 7) is 6.38. The molecule has 1 N–H and O–H groups in total. The van der Waals surface area contributed by atoms with E-state index in [0.29, 0.717) is 0 Å². The molecule has 1 saturated heterocycles. The number of hydrogen-bond donors (Lipinski definition) is 1. The number of fused-ring (bicyclic) bond motifs is 1. The molecular formula is C18H26F3N5O3. The van der Waals surface area contributed by atoms with Crippen LogP contribution in [0.4, 0.5) is 23.8 Å². The number of halogens is 3. The van der Waals surface area contributed by atoms with Gasteiger partial charge < -0.3 is 19.8 Å². The summed E-state index contributed by atoms with van der Waals surface area (Å²) >= 11 is 0. The highest BCUT2D eigenvalue weighted by Crippen LogP contribution is 2.23. The van der Waals surface area contributed by atoms with E-state index in [1.54, 1.807) is 6.33 Å². The van der Waals surface area contributed by atoms with E-state index < -0.39 is 12.1 Å². The second kappa shape index (κ2) is 9.75. The lowest BCUT2D eigenvalue weighted by molar-refractivity contribution is -0.192. The van der Waals surface area contributed by atoms with Crippen LogP contribution < -0.4 is 4.90 Å². The molecule has 0 spiro atoms. The summed E-state index contributed by atoms with van der Waals surface area (Å²) in [7, 11) is 2.06. The SMILES string of the molecule is CCN(C)c1ncnc2c1CCN(C(=O)N1CCCC1)CC2.O=C(O)C(F)(F)F. The van der Waals surface area contributed by atoms with E-state index >= 15 is 0 Å². The number of carboxylic acid groups (broad SMARTS) is 1. The van der Waals surface area contributed by atoms with Crippen molar-refractivity contribution in [2.24, 2.45) is 0 Å². The van der Waals surface area contributed by atoms with Gasteiger partial charge in [-0.05, 0) is 26.2 Å². The van der Waals surface area contributed by atoms with Crippen molar-refractivity contribution in [3.63, 3.8) is 0 Å². The Balaban J connectivity index is 0.000000370. The standard InChI is InChI=1S/C16H25N5O.C2HF3O2/c1-3-19(2)15-13-6-10-21(11-7-14(13)17-12-18-15)16(22)20-8-4-5-9-20;3-2(4,5)1(6)7/h12H,3-11H2,1-2H3;(H,6,7). The van der Waals surface area contributed by atoms with Gasteiger partial charge in [-0.15, -0.1) is 0 Å². The lowest BCUT2D eigenvalue weighted by Gasteiger charge is -2.26. The van der Waals surface area contributed by atoms with E-state index in [-0.39, 0.29) is 6.03 Å². The first-order valence-electron chi connectivity index (χ1n) is 9.53. The molecular weight excluding hydrogens is 391 g/mol. The second-order valence-electron chi connectivity index (χ2n) is 6.90. The molecule has 3 heterocycles. The largest absolute Gasteiger partial charge is 0.490 e. The highest BCUT2D eigenvalue weighted by molar-refractivity contribution is 5.75. The second-order valence-corrected chi connectivity index (χ2v) is 6.90. The third kappa shape index (κ3) is 5.94. The first-order chi connectivity index (χ1) is 13.6. The van der Waals surface area contributed by atoms with E-state index in [9.17, 15) is 18.0 Å². The number of aromatic nitrogens is 2. The van der Waals surface area contributed by atoms with Crippen molar-refractivity contribution in [1.82, 2.24) is 19.8 Å². The van der Waals surface area contributed by atoms with E-state index in [1.165, 1.54) is 5.56 Å². The number of carboxylic acids is 1. The summed E-state index contributed by atoms with van der Waals surface area (Å²) in [6, 6.07) is 0.198. The van der Waals surface area contributed by atoms with Gasteiger partial charge in [0.15, 0.2) is 0 Å². The zero-order valence-electron chi connectivity index (χ0n) is 16.6. The number of likely N-dealkylation sites (tertiary alicyclic amines) is 1. The van der Waals surface area contributed by atoms with Gasteiger partial charge in [0.2, 0.25) is 0 Å². The number of nitrogens with zero attached hydrogens (tertiary/aromatic N) is 5. The van der Waals surface area contributed by atoms with Crippen LogP contribution in [-0.4, -0.2) is 82.8 Å². The van der Waals surface area contributed by atoms with Crippen molar-refractivity contribution >= 4 is 17.8 Å². The fourth-order valence-corrected chi connectivity index (χ4v) is 3.29. The third-order valence-electron chi connectivity index (χ3n) is 4.99. The molecule has 1 fully saturated rings. The van der Waals surface area contributed by atoms with Gasteiger partial charge >= 0.3 is 18.2 Å².